The minimum atomic E-state index is -3.64. The molecule has 6 nitrogen and oxygen atoms in total. The van der Waals surface area contributed by atoms with E-state index in [0.29, 0.717) is 5.92 Å². The van der Waals surface area contributed by atoms with Crippen molar-refractivity contribution in [3.05, 3.63) is 48.3 Å². The smallest absolute Gasteiger partial charge is 0.240 e. The van der Waals surface area contributed by atoms with E-state index < -0.39 is 16.1 Å². The number of fused-ring (bicyclic) bond motifs is 1. The predicted octanol–water partition coefficient (Wildman–Crippen LogP) is 2.77. The quantitative estimate of drug-likeness (QED) is 0.621. The minimum absolute atomic E-state index is 0.180. The van der Waals surface area contributed by atoms with Crippen LogP contribution in [0.15, 0.2) is 47.5 Å². The van der Waals surface area contributed by atoms with Gasteiger partial charge in [-0.05, 0) is 61.1 Å². The molecule has 1 atom stereocenters. The van der Waals surface area contributed by atoms with Gasteiger partial charge in [-0.25, -0.2) is 18.1 Å². The first-order valence-electron chi connectivity index (χ1n) is 8.69. The molecule has 3 N–H and O–H groups in total. The molecule has 0 spiro atoms. The van der Waals surface area contributed by atoms with Crippen molar-refractivity contribution in [3.63, 3.8) is 0 Å². The Bertz CT molecular complexity index is 1040. The molecule has 26 heavy (non-hydrogen) atoms. The van der Waals surface area contributed by atoms with Crippen LogP contribution in [0.2, 0.25) is 0 Å². The van der Waals surface area contributed by atoms with Crippen LogP contribution in [0.5, 0.6) is 0 Å². The molecule has 1 unspecified atom stereocenters. The minimum Gasteiger partial charge on any atom is -0.395 e. The Kier molecular flexibility index (Phi) is 4.30. The molecular formula is C19H21N3O3S. The van der Waals surface area contributed by atoms with Crippen LogP contribution >= 0.6 is 0 Å². The highest BCUT2D eigenvalue weighted by Crippen LogP contribution is 2.41. The third-order valence-electron chi connectivity index (χ3n) is 4.68. The zero-order chi connectivity index (χ0) is 18.3. The van der Waals surface area contributed by atoms with Crippen molar-refractivity contribution >= 4 is 21.1 Å². The lowest BCUT2D eigenvalue weighted by atomic mass is 10.0. The lowest BCUT2D eigenvalue weighted by molar-refractivity contribution is 0.265. The fraction of sp³-hybridized carbons (Fsp3) is 0.316. The maximum atomic E-state index is 12.3. The van der Waals surface area contributed by atoms with Crippen LogP contribution < -0.4 is 4.72 Å². The summed E-state index contributed by atoms with van der Waals surface area (Å²) in [6.07, 6.45) is 4.20. The molecule has 4 rings (SSSR count). The standard InChI is InChI=1S/C19H21N3O3S/c1-12(11-23)22-26(24,25)15-6-4-13(5-7-15)16-8-9-20-19-17(16)10-18(21-19)14-2-3-14/h4-10,12,14,22-23H,2-3,11H2,1H3,(H,20,21). The number of aliphatic hydroxyl groups excluding tert-OH is 1. The van der Waals surface area contributed by atoms with E-state index in [1.54, 1.807) is 37.4 Å². The van der Waals surface area contributed by atoms with Crippen molar-refractivity contribution in [2.45, 2.75) is 36.6 Å². The summed E-state index contributed by atoms with van der Waals surface area (Å²) < 4.78 is 27.1. The Hall–Kier alpha value is -2.22. The maximum Gasteiger partial charge on any atom is 0.240 e. The monoisotopic (exact) mass is 371 g/mol. The Labute approximate surface area is 152 Å². The highest BCUT2D eigenvalue weighted by Gasteiger charge is 2.26. The summed E-state index contributed by atoms with van der Waals surface area (Å²) in [6.45, 7) is 1.37. The summed E-state index contributed by atoms with van der Waals surface area (Å²) in [5, 5.41) is 10.1. The van der Waals surface area contributed by atoms with E-state index in [2.05, 4.69) is 20.8 Å². The third-order valence-corrected chi connectivity index (χ3v) is 6.28. The van der Waals surface area contributed by atoms with Gasteiger partial charge in [0, 0.05) is 23.3 Å². The van der Waals surface area contributed by atoms with E-state index in [-0.39, 0.29) is 11.5 Å². The molecule has 0 bridgehead atoms. The Balaban J connectivity index is 1.68. The summed E-state index contributed by atoms with van der Waals surface area (Å²) in [7, 11) is -3.64. The van der Waals surface area contributed by atoms with Crippen molar-refractivity contribution < 1.29 is 13.5 Å². The molecular weight excluding hydrogens is 350 g/mol. The first-order chi connectivity index (χ1) is 12.5. The SMILES string of the molecule is CC(CO)NS(=O)(=O)c1ccc(-c2ccnc3[nH]c(C4CC4)cc23)cc1. The Morgan fingerprint density at radius 2 is 2.00 bits per heavy atom. The van der Waals surface area contributed by atoms with Crippen molar-refractivity contribution in [2.75, 3.05) is 6.61 Å². The number of benzene rings is 1. The molecule has 2 heterocycles. The lowest BCUT2D eigenvalue weighted by Gasteiger charge is -2.12. The van der Waals surface area contributed by atoms with E-state index >= 15 is 0 Å². The van der Waals surface area contributed by atoms with Crippen molar-refractivity contribution in [1.82, 2.24) is 14.7 Å². The molecule has 1 aliphatic carbocycles. The number of rotatable bonds is 6. The first kappa shape index (κ1) is 17.2. The third kappa shape index (κ3) is 3.25. The van der Waals surface area contributed by atoms with Crippen LogP contribution in [0.25, 0.3) is 22.2 Å². The van der Waals surface area contributed by atoms with E-state index in [1.165, 1.54) is 18.5 Å². The van der Waals surface area contributed by atoms with Gasteiger partial charge in [-0.1, -0.05) is 12.1 Å². The van der Waals surface area contributed by atoms with Gasteiger partial charge in [0.05, 0.1) is 11.5 Å². The zero-order valence-corrected chi connectivity index (χ0v) is 15.3. The molecule has 1 aliphatic rings. The van der Waals surface area contributed by atoms with Crippen LogP contribution in [0.4, 0.5) is 0 Å². The summed E-state index contributed by atoms with van der Waals surface area (Å²) in [5.41, 5.74) is 4.05. The molecule has 0 amide bonds. The molecule has 1 aromatic carbocycles. The summed E-state index contributed by atoms with van der Waals surface area (Å²) in [4.78, 5) is 7.98. The van der Waals surface area contributed by atoms with Crippen molar-refractivity contribution in [2.24, 2.45) is 0 Å². The van der Waals surface area contributed by atoms with E-state index in [1.807, 2.05) is 6.07 Å². The van der Waals surface area contributed by atoms with E-state index in [9.17, 15) is 8.42 Å². The predicted molar refractivity (Wildman–Crippen MR) is 100 cm³/mol. The van der Waals surface area contributed by atoms with Gasteiger partial charge < -0.3 is 10.1 Å². The number of sulfonamides is 1. The fourth-order valence-electron chi connectivity index (χ4n) is 3.10. The van der Waals surface area contributed by atoms with Crippen LogP contribution in [-0.2, 0) is 10.0 Å². The van der Waals surface area contributed by atoms with Gasteiger partial charge in [-0.2, -0.15) is 0 Å². The van der Waals surface area contributed by atoms with Crippen molar-refractivity contribution in [1.29, 1.82) is 0 Å². The second-order valence-corrected chi connectivity index (χ2v) is 8.56. The highest BCUT2D eigenvalue weighted by molar-refractivity contribution is 7.89. The molecule has 3 aromatic rings. The fourth-order valence-corrected chi connectivity index (χ4v) is 4.33. The molecule has 7 heteroatoms. The summed E-state index contributed by atoms with van der Waals surface area (Å²) in [5.74, 6) is 0.615. The van der Waals surface area contributed by atoms with Gasteiger partial charge in [-0.15, -0.1) is 0 Å². The zero-order valence-electron chi connectivity index (χ0n) is 14.4. The average Bonchev–Trinajstić information content (AvgIpc) is 3.39. The second-order valence-electron chi connectivity index (χ2n) is 6.85. The topological polar surface area (TPSA) is 95.1 Å². The molecule has 2 aromatic heterocycles. The molecule has 0 saturated heterocycles. The molecule has 0 radical (unpaired) electrons. The van der Waals surface area contributed by atoms with E-state index in [0.717, 1.165) is 22.2 Å². The lowest BCUT2D eigenvalue weighted by Crippen LogP contribution is -2.34. The largest absolute Gasteiger partial charge is 0.395 e. The Morgan fingerprint density at radius 3 is 2.65 bits per heavy atom. The van der Waals surface area contributed by atoms with Crippen LogP contribution in [0.1, 0.15) is 31.4 Å². The molecule has 136 valence electrons. The van der Waals surface area contributed by atoms with Crippen molar-refractivity contribution in [3.8, 4) is 11.1 Å². The average molecular weight is 371 g/mol. The molecule has 1 saturated carbocycles. The maximum absolute atomic E-state index is 12.3. The van der Waals surface area contributed by atoms with Crippen LogP contribution in [-0.4, -0.2) is 36.1 Å². The molecule has 0 aliphatic heterocycles. The first-order valence-corrected chi connectivity index (χ1v) is 10.2. The number of aliphatic hydroxyl groups is 1. The van der Waals surface area contributed by atoms with E-state index in [4.69, 9.17) is 5.11 Å². The van der Waals surface area contributed by atoms with Gasteiger partial charge in [0.25, 0.3) is 0 Å². The van der Waals surface area contributed by atoms with Gasteiger partial charge in [0.2, 0.25) is 10.0 Å². The number of aromatic amines is 1. The van der Waals surface area contributed by atoms with Crippen LogP contribution in [0.3, 0.4) is 0 Å². The number of pyridine rings is 1. The number of hydrogen-bond acceptors (Lipinski definition) is 4. The summed E-state index contributed by atoms with van der Waals surface area (Å²) >= 11 is 0. The van der Waals surface area contributed by atoms with Gasteiger partial charge in [-0.3, -0.25) is 0 Å². The van der Waals surface area contributed by atoms with Gasteiger partial charge in [0.1, 0.15) is 5.65 Å². The van der Waals surface area contributed by atoms with Gasteiger partial charge >= 0.3 is 0 Å². The summed E-state index contributed by atoms with van der Waals surface area (Å²) in [6, 6.07) is 10.4. The highest BCUT2D eigenvalue weighted by atomic mass is 32.2. The normalized spacial score (nSPS) is 16.1. The number of hydrogen-bond donors (Lipinski definition) is 3. The van der Waals surface area contributed by atoms with Crippen LogP contribution in [0, 0.1) is 0 Å². The number of nitrogens with one attached hydrogen (secondary N) is 2. The second kappa shape index (κ2) is 6.50. The number of H-pyrrole nitrogens is 1. The van der Waals surface area contributed by atoms with Gasteiger partial charge in [0.15, 0.2) is 0 Å². The Morgan fingerprint density at radius 1 is 1.27 bits per heavy atom. The number of nitrogens with zero attached hydrogens (tertiary/aromatic N) is 1. The molecule has 1 fully saturated rings. The number of aromatic nitrogens is 2.